The number of hydrogen-bond acceptors (Lipinski definition) is 4. The highest BCUT2D eigenvalue weighted by molar-refractivity contribution is 5.95. The number of nitrogens with zero attached hydrogens (tertiary/aromatic N) is 1. The van der Waals surface area contributed by atoms with Crippen molar-refractivity contribution in [1.29, 1.82) is 0 Å². The molecule has 0 saturated heterocycles. The smallest absolute Gasteiger partial charge is 0.382 e. The van der Waals surface area contributed by atoms with Crippen LogP contribution in [0, 0.1) is 5.92 Å². The SMILES string of the molecule is CC(C)C(=O)Cc1cccc(C(=O)NC2CCC(Nc3cc(C(F)(F)F)nc(C(F)(F)F)c3)CC2)c1. The number of alkyl halides is 6. The zero-order valence-electron chi connectivity index (χ0n) is 19.8. The van der Waals surface area contributed by atoms with Crippen molar-refractivity contribution < 1.29 is 35.9 Å². The van der Waals surface area contributed by atoms with Gasteiger partial charge in [-0.1, -0.05) is 26.0 Å². The van der Waals surface area contributed by atoms with Gasteiger partial charge in [-0.25, -0.2) is 4.98 Å². The lowest BCUT2D eigenvalue weighted by Crippen LogP contribution is -2.40. The molecular weight excluding hydrogens is 488 g/mol. The molecule has 2 aromatic rings. The normalized spacial score (nSPS) is 18.7. The quantitative estimate of drug-likeness (QED) is 0.441. The fourth-order valence-electron chi connectivity index (χ4n) is 4.02. The van der Waals surface area contributed by atoms with Crippen LogP contribution in [0.5, 0.6) is 0 Å². The summed E-state index contributed by atoms with van der Waals surface area (Å²) in [6.45, 7) is 3.62. The minimum absolute atomic E-state index is 0.0669. The van der Waals surface area contributed by atoms with Gasteiger partial charge in [0.2, 0.25) is 0 Å². The van der Waals surface area contributed by atoms with Gasteiger partial charge < -0.3 is 10.6 Å². The van der Waals surface area contributed by atoms with Crippen LogP contribution in [-0.4, -0.2) is 28.8 Å². The molecule has 0 aliphatic heterocycles. The van der Waals surface area contributed by atoms with E-state index in [-0.39, 0.29) is 41.8 Å². The van der Waals surface area contributed by atoms with Crippen molar-refractivity contribution in [2.24, 2.45) is 5.92 Å². The molecule has 1 aromatic heterocycles. The van der Waals surface area contributed by atoms with Crippen LogP contribution in [-0.2, 0) is 23.6 Å². The number of nitrogens with one attached hydrogen (secondary N) is 2. The molecule has 1 saturated carbocycles. The molecule has 5 nitrogen and oxygen atoms in total. The molecule has 1 aromatic carbocycles. The molecule has 0 spiro atoms. The lowest BCUT2D eigenvalue weighted by molar-refractivity contribution is -0.150. The van der Waals surface area contributed by atoms with Crippen LogP contribution in [0.1, 0.15) is 66.8 Å². The average molecular weight is 515 g/mol. The van der Waals surface area contributed by atoms with Crippen molar-refractivity contribution in [2.45, 2.75) is 70.4 Å². The number of hydrogen-bond donors (Lipinski definition) is 2. The number of ketones is 1. The Labute approximate surface area is 204 Å². The second kappa shape index (κ2) is 10.9. The molecule has 0 radical (unpaired) electrons. The van der Waals surface area contributed by atoms with Gasteiger partial charge in [-0.05, 0) is 55.5 Å². The van der Waals surface area contributed by atoms with E-state index in [1.807, 2.05) is 13.8 Å². The van der Waals surface area contributed by atoms with Crippen LogP contribution in [0.4, 0.5) is 32.0 Å². The Hall–Kier alpha value is -3.11. The molecule has 1 aliphatic carbocycles. The average Bonchev–Trinajstić information content (AvgIpc) is 2.79. The lowest BCUT2D eigenvalue weighted by atomic mass is 9.90. The third-order valence-corrected chi connectivity index (χ3v) is 6.05. The number of pyridine rings is 1. The summed E-state index contributed by atoms with van der Waals surface area (Å²) in [5.74, 6) is -0.347. The molecule has 0 atom stereocenters. The summed E-state index contributed by atoms with van der Waals surface area (Å²) >= 11 is 0. The first-order chi connectivity index (χ1) is 16.7. The fourth-order valence-corrected chi connectivity index (χ4v) is 4.02. The van der Waals surface area contributed by atoms with Crippen molar-refractivity contribution >= 4 is 17.4 Å². The van der Waals surface area contributed by atoms with Crippen molar-refractivity contribution in [1.82, 2.24) is 10.3 Å². The highest BCUT2D eigenvalue weighted by Crippen LogP contribution is 2.35. The maximum Gasteiger partial charge on any atom is 0.433 e. The number of carbonyl (C=O) groups is 2. The van der Waals surface area contributed by atoms with E-state index in [2.05, 4.69) is 15.6 Å². The van der Waals surface area contributed by atoms with Gasteiger partial charge in [0.15, 0.2) is 0 Å². The standard InChI is InChI=1S/C25H27F6N3O2/c1-14(2)20(35)11-15-4-3-5-16(10-15)23(36)33-18-8-6-17(7-9-18)32-19-12-21(24(26,27)28)34-22(13-19)25(29,30)31/h3-5,10,12-14,17-18H,6-9,11H2,1-2H3,(H,32,34)(H,33,36). The Bertz CT molecular complexity index is 1060. The van der Waals surface area contributed by atoms with Gasteiger partial charge in [0.1, 0.15) is 17.2 Å². The summed E-state index contributed by atoms with van der Waals surface area (Å²) in [6.07, 6.45) is -7.91. The molecule has 0 unspecified atom stereocenters. The number of Topliss-reactive ketones (excluding diaryl/α,β-unsaturated/α-hetero) is 1. The van der Waals surface area contributed by atoms with E-state index in [4.69, 9.17) is 0 Å². The molecule has 1 aliphatic rings. The number of benzene rings is 1. The summed E-state index contributed by atoms with van der Waals surface area (Å²) in [7, 11) is 0. The lowest BCUT2D eigenvalue weighted by Gasteiger charge is -2.30. The number of carbonyl (C=O) groups excluding carboxylic acids is 2. The van der Waals surface area contributed by atoms with Gasteiger partial charge in [0, 0.05) is 35.7 Å². The number of rotatable bonds is 7. The first-order valence-electron chi connectivity index (χ1n) is 11.6. The summed E-state index contributed by atoms with van der Waals surface area (Å²) in [4.78, 5) is 27.4. The molecule has 0 bridgehead atoms. The van der Waals surface area contributed by atoms with Crippen LogP contribution in [0.25, 0.3) is 0 Å². The maximum atomic E-state index is 13.0. The summed E-state index contributed by atoms with van der Waals surface area (Å²) in [6, 6.07) is 7.40. The summed E-state index contributed by atoms with van der Waals surface area (Å²) < 4.78 is 78.2. The first-order valence-corrected chi connectivity index (χ1v) is 11.6. The van der Waals surface area contributed by atoms with Gasteiger partial charge in [0.25, 0.3) is 5.91 Å². The summed E-state index contributed by atoms with van der Waals surface area (Å²) in [5, 5.41) is 5.68. The highest BCUT2D eigenvalue weighted by Gasteiger charge is 2.39. The van der Waals surface area contributed by atoms with Gasteiger partial charge in [-0.3, -0.25) is 9.59 Å². The van der Waals surface area contributed by atoms with Crippen molar-refractivity contribution in [2.75, 3.05) is 5.32 Å². The largest absolute Gasteiger partial charge is 0.433 e. The van der Waals surface area contributed by atoms with Gasteiger partial charge >= 0.3 is 12.4 Å². The zero-order chi connectivity index (χ0) is 26.7. The number of halogens is 6. The molecule has 1 heterocycles. The van der Waals surface area contributed by atoms with Gasteiger partial charge in [0.05, 0.1) is 0 Å². The highest BCUT2D eigenvalue weighted by atomic mass is 19.4. The van der Waals surface area contributed by atoms with Crippen LogP contribution in [0.15, 0.2) is 36.4 Å². The Morgan fingerprint density at radius 3 is 2.00 bits per heavy atom. The number of amides is 1. The Morgan fingerprint density at radius 1 is 0.917 bits per heavy atom. The maximum absolute atomic E-state index is 13.0. The minimum Gasteiger partial charge on any atom is -0.382 e. The van der Waals surface area contributed by atoms with E-state index in [9.17, 15) is 35.9 Å². The number of aromatic nitrogens is 1. The molecule has 11 heteroatoms. The van der Waals surface area contributed by atoms with Crippen LogP contribution in [0.3, 0.4) is 0 Å². The van der Waals surface area contributed by atoms with E-state index in [1.165, 1.54) is 0 Å². The minimum atomic E-state index is -5.01. The van der Waals surface area contributed by atoms with Crippen molar-refractivity contribution in [3.05, 3.63) is 58.9 Å². The van der Waals surface area contributed by atoms with E-state index >= 15 is 0 Å². The second-order valence-corrected chi connectivity index (χ2v) is 9.29. The molecular formula is C25H27F6N3O2. The zero-order valence-corrected chi connectivity index (χ0v) is 19.8. The second-order valence-electron chi connectivity index (χ2n) is 9.29. The van der Waals surface area contributed by atoms with E-state index in [1.54, 1.807) is 24.3 Å². The third kappa shape index (κ3) is 7.44. The van der Waals surface area contributed by atoms with Gasteiger partial charge in [-0.2, -0.15) is 26.3 Å². The third-order valence-electron chi connectivity index (χ3n) is 6.05. The molecule has 1 amide bonds. The van der Waals surface area contributed by atoms with E-state index in [0.717, 1.165) is 5.56 Å². The van der Waals surface area contributed by atoms with E-state index in [0.29, 0.717) is 43.4 Å². The monoisotopic (exact) mass is 515 g/mol. The predicted octanol–water partition coefficient (Wildman–Crippen LogP) is 6.04. The van der Waals surface area contributed by atoms with Crippen LogP contribution >= 0.6 is 0 Å². The Kier molecular flexibility index (Phi) is 8.30. The molecule has 1 fully saturated rings. The molecule has 196 valence electrons. The van der Waals surface area contributed by atoms with Crippen molar-refractivity contribution in [3.63, 3.8) is 0 Å². The number of anilines is 1. The Balaban J connectivity index is 1.59. The van der Waals surface area contributed by atoms with Crippen LogP contribution in [0.2, 0.25) is 0 Å². The van der Waals surface area contributed by atoms with E-state index < -0.39 is 23.7 Å². The first kappa shape index (κ1) is 27.5. The molecule has 2 N–H and O–H groups in total. The topological polar surface area (TPSA) is 71.1 Å². The fraction of sp³-hybridized carbons (Fsp3) is 0.480. The predicted molar refractivity (Wildman–Crippen MR) is 121 cm³/mol. The van der Waals surface area contributed by atoms with Crippen molar-refractivity contribution in [3.8, 4) is 0 Å². The van der Waals surface area contributed by atoms with Gasteiger partial charge in [-0.15, -0.1) is 0 Å². The summed E-state index contributed by atoms with van der Waals surface area (Å²) in [5.41, 5.74) is -2.37. The molecule has 3 rings (SSSR count). The molecule has 36 heavy (non-hydrogen) atoms. The Morgan fingerprint density at radius 2 is 1.47 bits per heavy atom. The van der Waals surface area contributed by atoms with Crippen LogP contribution < -0.4 is 10.6 Å².